The summed E-state index contributed by atoms with van der Waals surface area (Å²) in [7, 11) is 0. The number of nitrogens with zero attached hydrogens (tertiary/aromatic N) is 1. The van der Waals surface area contributed by atoms with Crippen LogP contribution in [0.4, 0.5) is 5.69 Å². The van der Waals surface area contributed by atoms with E-state index in [2.05, 4.69) is 4.90 Å². The minimum Gasteiger partial charge on any atom is -0.464 e. The van der Waals surface area contributed by atoms with Crippen LogP contribution >= 0.6 is 11.6 Å². The molecule has 0 bridgehead atoms. The number of ether oxygens (including phenoxy) is 1. The Hall–Kier alpha value is -2.00. The van der Waals surface area contributed by atoms with E-state index in [1.165, 1.54) is 0 Å². The fraction of sp³-hybridized carbons (Fsp3) is 0.235. The van der Waals surface area contributed by atoms with Gasteiger partial charge in [0.2, 0.25) is 0 Å². The number of carbonyl (C=O) groups excluding carboxylic acids is 1. The van der Waals surface area contributed by atoms with Crippen LogP contribution in [-0.4, -0.2) is 18.6 Å². The number of anilines is 1. The summed E-state index contributed by atoms with van der Waals surface area (Å²) in [6.45, 7) is 2.22. The first-order valence-corrected chi connectivity index (χ1v) is 7.35. The lowest BCUT2D eigenvalue weighted by Gasteiger charge is -2.06. The van der Waals surface area contributed by atoms with Gasteiger partial charge in [-0.05, 0) is 36.8 Å². The molecule has 1 aliphatic heterocycles. The average Bonchev–Trinajstić information content (AvgIpc) is 3.25. The van der Waals surface area contributed by atoms with Gasteiger partial charge in [-0.25, -0.2) is 4.79 Å². The number of benzene rings is 2. The average molecular weight is 302 g/mol. The molecule has 1 saturated heterocycles. The van der Waals surface area contributed by atoms with Crippen LogP contribution in [0.15, 0.2) is 54.6 Å². The van der Waals surface area contributed by atoms with Crippen molar-refractivity contribution in [1.82, 2.24) is 0 Å². The van der Waals surface area contributed by atoms with Crippen LogP contribution in [0.5, 0.6) is 0 Å². The molecule has 0 aliphatic carbocycles. The lowest BCUT2D eigenvalue weighted by atomic mass is 10.1. The van der Waals surface area contributed by atoms with Crippen molar-refractivity contribution in [2.24, 2.45) is 0 Å². The van der Waals surface area contributed by atoms with Crippen molar-refractivity contribution in [2.45, 2.75) is 19.0 Å². The van der Waals surface area contributed by atoms with Gasteiger partial charge >= 0.3 is 5.97 Å². The van der Waals surface area contributed by atoms with Gasteiger partial charge in [0.1, 0.15) is 0 Å². The fourth-order valence-electron chi connectivity index (χ4n) is 2.63. The molecule has 0 aromatic heterocycles. The summed E-state index contributed by atoms with van der Waals surface area (Å²) in [4.78, 5) is 14.2. The van der Waals surface area contributed by atoms with Gasteiger partial charge < -0.3 is 9.64 Å². The Labute approximate surface area is 129 Å². The molecule has 21 heavy (non-hydrogen) atoms. The van der Waals surface area contributed by atoms with Gasteiger partial charge in [0.15, 0.2) is 6.04 Å². The van der Waals surface area contributed by atoms with Crippen LogP contribution in [0.25, 0.3) is 0 Å². The van der Waals surface area contributed by atoms with Gasteiger partial charge in [0, 0.05) is 10.7 Å². The molecule has 0 radical (unpaired) electrons. The lowest BCUT2D eigenvalue weighted by molar-refractivity contribution is -0.142. The van der Waals surface area contributed by atoms with Gasteiger partial charge in [-0.2, -0.15) is 0 Å². The maximum absolute atomic E-state index is 12.1. The van der Waals surface area contributed by atoms with E-state index < -0.39 is 0 Å². The monoisotopic (exact) mass is 301 g/mol. The molecular weight excluding hydrogens is 286 g/mol. The molecule has 4 heteroatoms. The van der Waals surface area contributed by atoms with E-state index in [0.717, 1.165) is 11.3 Å². The molecule has 0 amide bonds. The van der Waals surface area contributed by atoms with E-state index in [4.69, 9.17) is 16.3 Å². The van der Waals surface area contributed by atoms with Crippen molar-refractivity contribution in [2.75, 3.05) is 11.5 Å². The molecule has 0 spiro atoms. The first-order valence-electron chi connectivity index (χ1n) is 6.98. The molecule has 1 aliphatic rings. The highest BCUT2D eigenvalue weighted by atomic mass is 35.5. The molecule has 3 rings (SSSR count). The standard InChI is InChI=1S/C17H16ClNO2/c1-2-21-17(20)16-15(12-6-4-3-5-7-12)19(16)14-10-8-13(18)9-11-14/h3-11,15-16H,2H2,1H3/t15-,16-,19?/m1/s1. The summed E-state index contributed by atoms with van der Waals surface area (Å²) >= 11 is 5.93. The van der Waals surface area contributed by atoms with E-state index in [9.17, 15) is 4.79 Å². The van der Waals surface area contributed by atoms with Gasteiger partial charge in [0.05, 0.1) is 12.6 Å². The Kier molecular flexibility index (Phi) is 3.84. The van der Waals surface area contributed by atoms with Crippen LogP contribution in [0.1, 0.15) is 18.5 Å². The molecule has 0 unspecified atom stereocenters. The topological polar surface area (TPSA) is 29.3 Å². The summed E-state index contributed by atoms with van der Waals surface area (Å²) in [5.41, 5.74) is 2.09. The van der Waals surface area contributed by atoms with Crippen molar-refractivity contribution < 1.29 is 9.53 Å². The third-order valence-electron chi connectivity index (χ3n) is 3.60. The molecule has 0 N–H and O–H groups in total. The summed E-state index contributed by atoms with van der Waals surface area (Å²) in [5, 5.41) is 0.685. The number of carbonyl (C=O) groups is 1. The molecule has 3 nitrogen and oxygen atoms in total. The Bertz CT molecular complexity index is 627. The highest BCUT2D eigenvalue weighted by Crippen LogP contribution is 2.47. The maximum atomic E-state index is 12.1. The molecular formula is C17H16ClNO2. The van der Waals surface area contributed by atoms with Crippen LogP contribution < -0.4 is 4.90 Å². The van der Waals surface area contributed by atoms with Crippen molar-refractivity contribution in [1.29, 1.82) is 0 Å². The zero-order chi connectivity index (χ0) is 14.8. The summed E-state index contributed by atoms with van der Waals surface area (Å²) < 4.78 is 5.19. The summed E-state index contributed by atoms with van der Waals surface area (Å²) in [6.07, 6.45) is 0. The second-order valence-electron chi connectivity index (χ2n) is 4.94. The van der Waals surface area contributed by atoms with Crippen molar-refractivity contribution in [3.05, 3.63) is 65.2 Å². The van der Waals surface area contributed by atoms with Gasteiger partial charge in [0.25, 0.3) is 0 Å². The Morgan fingerprint density at radius 3 is 2.43 bits per heavy atom. The first-order chi connectivity index (χ1) is 10.2. The summed E-state index contributed by atoms with van der Waals surface area (Å²) in [6, 6.07) is 17.3. The number of halogens is 1. The van der Waals surface area contributed by atoms with E-state index in [1.807, 2.05) is 61.5 Å². The largest absolute Gasteiger partial charge is 0.464 e. The first kappa shape index (κ1) is 14.0. The van der Waals surface area contributed by atoms with Gasteiger partial charge in [-0.15, -0.1) is 0 Å². The van der Waals surface area contributed by atoms with Crippen molar-refractivity contribution >= 4 is 23.3 Å². The third-order valence-corrected chi connectivity index (χ3v) is 3.85. The smallest absolute Gasteiger partial charge is 0.331 e. The van der Waals surface area contributed by atoms with Crippen LogP contribution in [0.2, 0.25) is 5.02 Å². The predicted octanol–water partition coefficient (Wildman–Crippen LogP) is 3.83. The molecule has 2 aromatic carbocycles. The Morgan fingerprint density at radius 1 is 1.14 bits per heavy atom. The quantitative estimate of drug-likeness (QED) is 0.635. The minimum atomic E-state index is -0.256. The highest BCUT2D eigenvalue weighted by Gasteiger charge is 2.54. The molecule has 2 atom stereocenters. The van der Waals surface area contributed by atoms with E-state index in [1.54, 1.807) is 0 Å². The number of hydrogen-bond donors (Lipinski definition) is 0. The fourth-order valence-corrected chi connectivity index (χ4v) is 2.75. The molecule has 108 valence electrons. The molecule has 2 aromatic rings. The lowest BCUT2D eigenvalue weighted by Crippen LogP contribution is -2.15. The number of esters is 1. The Morgan fingerprint density at radius 2 is 1.81 bits per heavy atom. The number of rotatable bonds is 4. The maximum Gasteiger partial charge on any atom is 0.331 e. The third kappa shape index (κ3) is 2.74. The van der Waals surface area contributed by atoms with Gasteiger partial charge in [-0.1, -0.05) is 41.9 Å². The summed E-state index contributed by atoms with van der Waals surface area (Å²) in [5.74, 6) is -0.179. The molecule has 1 fully saturated rings. The zero-order valence-corrected chi connectivity index (χ0v) is 12.5. The van der Waals surface area contributed by atoms with E-state index in [0.29, 0.717) is 11.6 Å². The van der Waals surface area contributed by atoms with E-state index >= 15 is 0 Å². The minimum absolute atomic E-state index is 0.0337. The predicted molar refractivity (Wildman–Crippen MR) is 83.5 cm³/mol. The normalized spacial score (nSPS) is 20.2. The van der Waals surface area contributed by atoms with E-state index in [-0.39, 0.29) is 18.1 Å². The van der Waals surface area contributed by atoms with Crippen molar-refractivity contribution in [3.8, 4) is 0 Å². The highest BCUT2D eigenvalue weighted by molar-refractivity contribution is 6.30. The Balaban J connectivity index is 1.89. The van der Waals surface area contributed by atoms with Crippen LogP contribution in [0, 0.1) is 0 Å². The molecule has 0 saturated carbocycles. The van der Waals surface area contributed by atoms with Gasteiger partial charge in [-0.3, -0.25) is 0 Å². The zero-order valence-electron chi connectivity index (χ0n) is 11.7. The second-order valence-corrected chi connectivity index (χ2v) is 5.37. The molecule has 1 heterocycles. The SMILES string of the molecule is CCOC(=O)[C@H]1[C@@H](c2ccccc2)N1c1ccc(Cl)cc1. The van der Waals surface area contributed by atoms with Crippen LogP contribution in [0.3, 0.4) is 0 Å². The van der Waals surface area contributed by atoms with Crippen molar-refractivity contribution in [3.63, 3.8) is 0 Å². The van der Waals surface area contributed by atoms with Crippen LogP contribution in [-0.2, 0) is 9.53 Å². The second kappa shape index (κ2) is 5.78. The number of hydrogen-bond acceptors (Lipinski definition) is 3.